The SMILES string of the molecule is CN1CC(c2cc(-c3cccc([C@@H](N)CO)c3)c3occc3c2)Oc2c(CC(=O)O)cccc21. The smallest absolute Gasteiger partial charge is 0.307 e. The number of carboxylic acids is 1. The molecule has 1 aromatic heterocycles. The molecule has 0 saturated carbocycles. The molecule has 0 radical (unpaired) electrons. The molecule has 0 aliphatic carbocycles. The molecule has 0 spiro atoms. The van der Waals surface area contributed by atoms with E-state index in [0.29, 0.717) is 17.9 Å². The highest BCUT2D eigenvalue weighted by Crippen LogP contribution is 2.42. The zero-order chi connectivity index (χ0) is 23.8. The normalized spacial score (nSPS) is 16.2. The monoisotopic (exact) mass is 458 g/mol. The third-order valence-corrected chi connectivity index (χ3v) is 6.30. The van der Waals surface area contributed by atoms with E-state index < -0.39 is 12.0 Å². The topological polar surface area (TPSA) is 109 Å². The minimum atomic E-state index is -0.898. The number of aliphatic hydroxyl groups is 1. The predicted octanol–water partition coefficient (Wildman–Crippen LogP) is 4.29. The number of hydrogen-bond acceptors (Lipinski definition) is 6. The summed E-state index contributed by atoms with van der Waals surface area (Å²) in [6.07, 6.45) is 1.26. The molecular formula is C27H26N2O5. The molecule has 7 heteroatoms. The molecule has 0 bridgehead atoms. The molecule has 2 heterocycles. The van der Waals surface area contributed by atoms with Gasteiger partial charge in [-0.25, -0.2) is 0 Å². The number of hydrogen-bond donors (Lipinski definition) is 3. The second-order valence-electron chi connectivity index (χ2n) is 8.64. The lowest BCUT2D eigenvalue weighted by molar-refractivity contribution is -0.136. The second-order valence-corrected chi connectivity index (χ2v) is 8.64. The van der Waals surface area contributed by atoms with Crippen molar-refractivity contribution < 1.29 is 24.2 Å². The van der Waals surface area contributed by atoms with Gasteiger partial charge in [-0.3, -0.25) is 4.79 Å². The van der Waals surface area contributed by atoms with Crippen LogP contribution in [-0.2, 0) is 11.2 Å². The lowest BCUT2D eigenvalue weighted by atomic mass is 9.95. The maximum absolute atomic E-state index is 11.4. The van der Waals surface area contributed by atoms with E-state index in [-0.39, 0.29) is 19.1 Å². The van der Waals surface area contributed by atoms with Crippen LogP contribution in [0.1, 0.15) is 28.8 Å². The number of para-hydroxylation sites is 1. The van der Waals surface area contributed by atoms with Crippen molar-refractivity contribution in [2.75, 3.05) is 25.1 Å². The van der Waals surface area contributed by atoms with Crippen LogP contribution in [0.15, 0.2) is 71.3 Å². The summed E-state index contributed by atoms with van der Waals surface area (Å²) in [5.74, 6) is -0.293. The van der Waals surface area contributed by atoms with Gasteiger partial charge < -0.3 is 30.0 Å². The number of ether oxygens (including phenoxy) is 1. The minimum absolute atomic E-state index is 0.104. The van der Waals surface area contributed by atoms with Crippen molar-refractivity contribution in [2.45, 2.75) is 18.6 Å². The first kappa shape index (κ1) is 22.0. The fourth-order valence-corrected chi connectivity index (χ4v) is 4.56. The average Bonchev–Trinajstić information content (AvgIpc) is 3.32. The van der Waals surface area contributed by atoms with Gasteiger partial charge >= 0.3 is 5.97 Å². The molecule has 1 aliphatic rings. The number of rotatable bonds is 6. The molecular weight excluding hydrogens is 432 g/mol. The van der Waals surface area contributed by atoms with E-state index in [1.54, 1.807) is 12.3 Å². The second kappa shape index (κ2) is 8.85. The molecule has 4 N–H and O–H groups in total. The molecule has 0 amide bonds. The third kappa shape index (κ3) is 4.00. The maximum atomic E-state index is 11.4. The number of nitrogens with two attached hydrogens (primary N) is 1. The highest BCUT2D eigenvalue weighted by Gasteiger charge is 2.28. The van der Waals surface area contributed by atoms with Gasteiger partial charge in [-0.15, -0.1) is 0 Å². The first-order chi connectivity index (χ1) is 16.4. The molecule has 174 valence electrons. The molecule has 34 heavy (non-hydrogen) atoms. The van der Waals surface area contributed by atoms with E-state index in [1.807, 2.05) is 49.5 Å². The Balaban J connectivity index is 1.58. The highest BCUT2D eigenvalue weighted by atomic mass is 16.5. The number of aliphatic carboxylic acids is 1. The largest absolute Gasteiger partial charge is 0.481 e. The average molecular weight is 459 g/mol. The van der Waals surface area contributed by atoms with Crippen molar-refractivity contribution in [2.24, 2.45) is 5.73 Å². The molecule has 1 unspecified atom stereocenters. The fourth-order valence-electron chi connectivity index (χ4n) is 4.56. The number of benzene rings is 3. The Kier molecular flexibility index (Phi) is 5.73. The zero-order valence-corrected chi connectivity index (χ0v) is 18.8. The van der Waals surface area contributed by atoms with Gasteiger partial charge in [0.2, 0.25) is 0 Å². The summed E-state index contributed by atoms with van der Waals surface area (Å²) in [7, 11) is 1.98. The van der Waals surface area contributed by atoms with Gasteiger partial charge in [-0.2, -0.15) is 0 Å². The number of carbonyl (C=O) groups is 1. The van der Waals surface area contributed by atoms with Crippen molar-refractivity contribution in [3.05, 3.63) is 83.6 Å². The first-order valence-electron chi connectivity index (χ1n) is 11.1. The Morgan fingerprint density at radius 1 is 1.18 bits per heavy atom. The van der Waals surface area contributed by atoms with Crippen LogP contribution < -0.4 is 15.4 Å². The summed E-state index contributed by atoms with van der Waals surface area (Å²) in [6, 6.07) is 18.9. The van der Waals surface area contributed by atoms with Crippen LogP contribution in [0.5, 0.6) is 5.75 Å². The summed E-state index contributed by atoms with van der Waals surface area (Å²) in [6.45, 7) is 0.474. The number of carboxylic acid groups (broad SMARTS) is 1. The molecule has 5 rings (SSSR count). The van der Waals surface area contributed by atoms with E-state index in [2.05, 4.69) is 17.0 Å². The Bertz CT molecular complexity index is 1360. The number of aliphatic hydroxyl groups excluding tert-OH is 1. The van der Waals surface area contributed by atoms with Crippen molar-refractivity contribution in [1.29, 1.82) is 0 Å². The van der Waals surface area contributed by atoms with E-state index >= 15 is 0 Å². The summed E-state index contributed by atoms with van der Waals surface area (Å²) in [5.41, 5.74) is 12.0. The molecule has 0 saturated heterocycles. The summed E-state index contributed by atoms with van der Waals surface area (Å²) >= 11 is 0. The third-order valence-electron chi connectivity index (χ3n) is 6.30. The van der Waals surface area contributed by atoms with E-state index in [0.717, 1.165) is 38.9 Å². The summed E-state index contributed by atoms with van der Waals surface area (Å²) in [4.78, 5) is 13.5. The van der Waals surface area contributed by atoms with Crippen LogP contribution in [0.2, 0.25) is 0 Å². The number of nitrogens with zero attached hydrogens (tertiary/aromatic N) is 1. The van der Waals surface area contributed by atoms with Crippen molar-refractivity contribution in [3.63, 3.8) is 0 Å². The molecule has 2 atom stereocenters. The van der Waals surface area contributed by atoms with E-state index in [1.165, 1.54) is 0 Å². The van der Waals surface area contributed by atoms with Crippen LogP contribution in [0.25, 0.3) is 22.1 Å². The maximum Gasteiger partial charge on any atom is 0.307 e. The van der Waals surface area contributed by atoms with Crippen LogP contribution in [0.3, 0.4) is 0 Å². The fraction of sp³-hybridized carbons (Fsp3) is 0.222. The quantitative estimate of drug-likeness (QED) is 0.395. The van der Waals surface area contributed by atoms with Crippen LogP contribution in [0, 0.1) is 0 Å². The lowest BCUT2D eigenvalue weighted by Crippen LogP contribution is -2.32. The Morgan fingerprint density at radius 3 is 2.79 bits per heavy atom. The van der Waals surface area contributed by atoms with Gasteiger partial charge in [0.15, 0.2) is 0 Å². The van der Waals surface area contributed by atoms with Gasteiger partial charge in [0, 0.05) is 23.6 Å². The summed E-state index contributed by atoms with van der Waals surface area (Å²) < 4.78 is 12.2. The molecule has 0 fully saturated rings. The zero-order valence-electron chi connectivity index (χ0n) is 18.8. The molecule has 7 nitrogen and oxygen atoms in total. The first-order valence-corrected chi connectivity index (χ1v) is 11.1. The van der Waals surface area contributed by atoms with Gasteiger partial charge in [0.05, 0.1) is 37.6 Å². The van der Waals surface area contributed by atoms with E-state index in [4.69, 9.17) is 14.9 Å². The lowest BCUT2D eigenvalue weighted by Gasteiger charge is -2.35. The molecule has 1 aliphatic heterocycles. The van der Waals surface area contributed by atoms with Crippen molar-refractivity contribution in [1.82, 2.24) is 0 Å². The van der Waals surface area contributed by atoms with E-state index in [9.17, 15) is 15.0 Å². The van der Waals surface area contributed by atoms with Crippen LogP contribution in [-0.4, -0.2) is 36.4 Å². The van der Waals surface area contributed by atoms with Crippen LogP contribution >= 0.6 is 0 Å². The number of furan rings is 1. The van der Waals surface area contributed by atoms with Gasteiger partial charge in [0.1, 0.15) is 17.4 Å². The van der Waals surface area contributed by atoms with Gasteiger partial charge in [-0.1, -0.05) is 30.3 Å². The molecule has 3 aromatic carbocycles. The van der Waals surface area contributed by atoms with Crippen molar-refractivity contribution >= 4 is 22.6 Å². The van der Waals surface area contributed by atoms with Crippen molar-refractivity contribution in [3.8, 4) is 16.9 Å². The number of anilines is 1. The minimum Gasteiger partial charge on any atom is -0.481 e. The Morgan fingerprint density at radius 2 is 2.00 bits per heavy atom. The van der Waals surface area contributed by atoms with Gasteiger partial charge in [-0.05, 0) is 47.0 Å². The number of likely N-dealkylation sites (N-methyl/N-ethyl adjacent to an activating group) is 1. The molecule has 4 aromatic rings. The van der Waals surface area contributed by atoms with Gasteiger partial charge in [0.25, 0.3) is 0 Å². The predicted molar refractivity (Wildman–Crippen MR) is 130 cm³/mol. The number of fused-ring (bicyclic) bond motifs is 2. The Labute approximate surface area is 197 Å². The highest BCUT2D eigenvalue weighted by molar-refractivity contribution is 5.93. The Hall–Kier alpha value is -3.81. The summed E-state index contributed by atoms with van der Waals surface area (Å²) in [5, 5.41) is 19.8. The standard InChI is InChI=1S/C27H26N2O5/c1-29-14-24(34-27-18(13-25(31)32)6-3-7-23(27)29)20-11-19-8-9-33-26(19)21(12-20)16-4-2-5-17(10-16)22(28)15-30/h2-12,22,24,30H,13-15,28H2,1H3,(H,31,32)/t22-,24?/m0/s1. The van der Waals surface area contributed by atoms with Crippen LogP contribution in [0.4, 0.5) is 5.69 Å².